The molecule has 2 heterocycles. The number of aromatic nitrogens is 3. The number of halogens is 2. The van der Waals surface area contributed by atoms with E-state index in [-0.39, 0.29) is 23.6 Å². The van der Waals surface area contributed by atoms with Crippen LogP contribution in [0.25, 0.3) is 11.0 Å². The van der Waals surface area contributed by atoms with Gasteiger partial charge in [0.1, 0.15) is 18.4 Å². The van der Waals surface area contributed by atoms with Crippen molar-refractivity contribution in [2.75, 3.05) is 19.0 Å². The summed E-state index contributed by atoms with van der Waals surface area (Å²) in [6.07, 6.45) is 0. The van der Waals surface area contributed by atoms with E-state index in [1.54, 1.807) is 12.1 Å². The lowest BCUT2D eigenvalue weighted by molar-refractivity contribution is 0.267. The highest BCUT2D eigenvalue weighted by atomic mass is 35.5. The van der Waals surface area contributed by atoms with Crippen molar-refractivity contribution in [3.63, 3.8) is 0 Å². The summed E-state index contributed by atoms with van der Waals surface area (Å²) in [6, 6.07) is 3.22. The fraction of sp³-hybridized carbons (Fsp3) is 0.222. The molecule has 84 valence electrons. The second-order valence-electron chi connectivity index (χ2n) is 2.93. The van der Waals surface area contributed by atoms with Crippen molar-refractivity contribution >= 4 is 28.6 Å². The monoisotopic (exact) mass is 242 g/mol. The average Bonchev–Trinajstić information content (AvgIpc) is 2.26. The first-order valence-corrected chi connectivity index (χ1v) is 4.87. The molecule has 0 saturated carbocycles. The quantitative estimate of drug-likeness (QED) is 0.828. The summed E-state index contributed by atoms with van der Waals surface area (Å²) in [7, 11) is 0. The summed E-state index contributed by atoms with van der Waals surface area (Å²) in [5, 5.41) is 0.283. The normalized spacial score (nSPS) is 10.6. The number of rotatable bonds is 3. The molecule has 5 nitrogen and oxygen atoms in total. The van der Waals surface area contributed by atoms with Crippen LogP contribution in [-0.4, -0.2) is 28.2 Å². The zero-order valence-corrected chi connectivity index (χ0v) is 8.91. The van der Waals surface area contributed by atoms with Gasteiger partial charge < -0.3 is 10.5 Å². The SMILES string of the molecule is Nc1nc(OCCF)c2nc(Cl)ccc2n1. The molecule has 0 amide bonds. The second kappa shape index (κ2) is 4.44. The fourth-order valence-corrected chi connectivity index (χ4v) is 1.36. The maximum absolute atomic E-state index is 12.0. The van der Waals surface area contributed by atoms with Gasteiger partial charge >= 0.3 is 0 Å². The third-order valence-corrected chi connectivity index (χ3v) is 2.02. The molecule has 0 aliphatic rings. The largest absolute Gasteiger partial charge is 0.473 e. The lowest BCUT2D eigenvalue weighted by Crippen LogP contribution is -2.05. The van der Waals surface area contributed by atoms with Crippen molar-refractivity contribution in [3.05, 3.63) is 17.3 Å². The van der Waals surface area contributed by atoms with Crippen molar-refractivity contribution in [3.8, 4) is 5.88 Å². The third kappa shape index (κ3) is 2.11. The zero-order chi connectivity index (χ0) is 11.5. The van der Waals surface area contributed by atoms with Gasteiger partial charge in [-0.2, -0.15) is 4.98 Å². The summed E-state index contributed by atoms with van der Waals surface area (Å²) < 4.78 is 17.1. The molecular formula is C9H8ClFN4O. The van der Waals surface area contributed by atoms with Gasteiger partial charge in [-0.15, -0.1) is 0 Å². The van der Waals surface area contributed by atoms with Gasteiger partial charge in [-0.3, -0.25) is 0 Å². The lowest BCUT2D eigenvalue weighted by atomic mass is 10.3. The van der Waals surface area contributed by atoms with Crippen molar-refractivity contribution in [2.45, 2.75) is 0 Å². The number of nitrogens with two attached hydrogens (primary N) is 1. The highest BCUT2D eigenvalue weighted by Crippen LogP contribution is 2.22. The number of ether oxygens (including phenoxy) is 1. The highest BCUT2D eigenvalue weighted by molar-refractivity contribution is 6.29. The number of nitrogens with zero attached hydrogens (tertiary/aromatic N) is 3. The van der Waals surface area contributed by atoms with E-state index in [0.29, 0.717) is 11.0 Å². The number of hydrogen-bond acceptors (Lipinski definition) is 5. The maximum atomic E-state index is 12.0. The average molecular weight is 243 g/mol. The Bertz CT molecular complexity index is 522. The van der Waals surface area contributed by atoms with Crippen molar-refractivity contribution in [1.82, 2.24) is 15.0 Å². The van der Waals surface area contributed by atoms with Crippen LogP contribution in [0.15, 0.2) is 12.1 Å². The molecule has 0 spiro atoms. The molecule has 0 aromatic carbocycles. The molecule has 0 aliphatic carbocycles. The van der Waals surface area contributed by atoms with E-state index in [0.717, 1.165) is 0 Å². The van der Waals surface area contributed by atoms with Crippen LogP contribution in [-0.2, 0) is 0 Å². The van der Waals surface area contributed by atoms with E-state index < -0.39 is 6.67 Å². The zero-order valence-electron chi connectivity index (χ0n) is 8.15. The lowest BCUT2D eigenvalue weighted by Gasteiger charge is -2.06. The van der Waals surface area contributed by atoms with E-state index in [9.17, 15) is 4.39 Å². The Balaban J connectivity index is 2.55. The Kier molecular flexibility index (Phi) is 3.00. The van der Waals surface area contributed by atoms with Gasteiger partial charge in [-0.05, 0) is 12.1 Å². The van der Waals surface area contributed by atoms with E-state index in [4.69, 9.17) is 22.1 Å². The highest BCUT2D eigenvalue weighted by Gasteiger charge is 2.09. The van der Waals surface area contributed by atoms with Crippen molar-refractivity contribution in [1.29, 1.82) is 0 Å². The van der Waals surface area contributed by atoms with Crippen LogP contribution in [0.3, 0.4) is 0 Å². The van der Waals surface area contributed by atoms with Gasteiger partial charge in [-0.25, -0.2) is 14.4 Å². The van der Waals surface area contributed by atoms with Crippen LogP contribution in [0.5, 0.6) is 5.88 Å². The summed E-state index contributed by atoms with van der Waals surface area (Å²) >= 11 is 5.74. The maximum Gasteiger partial charge on any atom is 0.245 e. The molecule has 2 N–H and O–H groups in total. The molecule has 16 heavy (non-hydrogen) atoms. The molecule has 2 aromatic rings. The minimum atomic E-state index is -0.619. The van der Waals surface area contributed by atoms with Crippen LogP contribution in [0.4, 0.5) is 10.3 Å². The Morgan fingerprint density at radius 2 is 2.12 bits per heavy atom. The smallest absolute Gasteiger partial charge is 0.245 e. The molecule has 0 radical (unpaired) electrons. The van der Waals surface area contributed by atoms with Gasteiger partial charge in [0.2, 0.25) is 11.8 Å². The number of alkyl halides is 1. The summed E-state index contributed by atoms with van der Waals surface area (Å²) in [5.74, 6) is 0.188. The number of anilines is 1. The van der Waals surface area contributed by atoms with Crippen LogP contribution in [0.2, 0.25) is 5.15 Å². The molecule has 2 rings (SSSR count). The molecule has 0 unspecified atom stereocenters. The Morgan fingerprint density at radius 3 is 2.88 bits per heavy atom. The molecule has 0 saturated heterocycles. The minimum absolute atomic E-state index is 0.0467. The van der Waals surface area contributed by atoms with Crippen LogP contribution in [0, 0.1) is 0 Å². The number of fused-ring (bicyclic) bond motifs is 1. The van der Waals surface area contributed by atoms with Gasteiger partial charge in [0, 0.05) is 0 Å². The Hall–Kier alpha value is -1.69. The molecule has 2 aromatic heterocycles. The molecule has 0 bridgehead atoms. The van der Waals surface area contributed by atoms with E-state index in [1.807, 2.05) is 0 Å². The minimum Gasteiger partial charge on any atom is -0.473 e. The molecule has 0 aliphatic heterocycles. The van der Waals surface area contributed by atoms with E-state index in [2.05, 4.69) is 15.0 Å². The van der Waals surface area contributed by atoms with Crippen LogP contribution < -0.4 is 10.5 Å². The number of nitrogen functional groups attached to an aromatic ring is 1. The van der Waals surface area contributed by atoms with Gasteiger partial charge in [0.05, 0.1) is 5.52 Å². The first-order chi connectivity index (χ1) is 7.70. The van der Waals surface area contributed by atoms with Gasteiger partial charge in [-0.1, -0.05) is 11.6 Å². The van der Waals surface area contributed by atoms with E-state index >= 15 is 0 Å². The number of pyridine rings is 1. The van der Waals surface area contributed by atoms with Crippen LogP contribution >= 0.6 is 11.6 Å². The second-order valence-corrected chi connectivity index (χ2v) is 3.31. The van der Waals surface area contributed by atoms with Crippen molar-refractivity contribution < 1.29 is 9.13 Å². The number of hydrogen-bond donors (Lipinski definition) is 1. The molecule has 0 fully saturated rings. The predicted octanol–water partition coefficient (Wildman–Crippen LogP) is 1.61. The summed E-state index contributed by atoms with van der Waals surface area (Å²) in [4.78, 5) is 11.8. The fourth-order valence-electron chi connectivity index (χ4n) is 1.22. The molecular weight excluding hydrogens is 235 g/mol. The van der Waals surface area contributed by atoms with Crippen LogP contribution in [0.1, 0.15) is 0 Å². The predicted molar refractivity (Wildman–Crippen MR) is 58.2 cm³/mol. The van der Waals surface area contributed by atoms with Gasteiger partial charge in [0.25, 0.3) is 0 Å². The third-order valence-electron chi connectivity index (χ3n) is 1.81. The first-order valence-electron chi connectivity index (χ1n) is 4.49. The molecule has 7 heteroatoms. The Labute approximate surface area is 95.4 Å². The Morgan fingerprint density at radius 1 is 1.31 bits per heavy atom. The first kappa shape index (κ1) is 10.8. The molecule has 0 atom stereocenters. The summed E-state index contributed by atoms with van der Waals surface area (Å²) in [5.41, 5.74) is 6.35. The van der Waals surface area contributed by atoms with Gasteiger partial charge in [0.15, 0.2) is 5.52 Å². The van der Waals surface area contributed by atoms with E-state index in [1.165, 1.54) is 0 Å². The van der Waals surface area contributed by atoms with Crippen molar-refractivity contribution in [2.24, 2.45) is 0 Å². The summed E-state index contributed by atoms with van der Waals surface area (Å²) in [6.45, 7) is -0.730. The standard InChI is InChI=1S/C9H8ClFN4O/c10-6-2-1-5-7(14-6)8(16-4-3-11)15-9(12)13-5/h1-2H,3-4H2,(H2,12,13,15). The topological polar surface area (TPSA) is 73.9 Å².